The molecule has 0 bridgehead atoms. The van der Waals surface area contributed by atoms with Gasteiger partial charge in [-0.25, -0.2) is 18.4 Å². The van der Waals surface area contributed by atoms with Gasteiger partial charge in [0.25, 0.3) is 21.8 Å². The van der Waals surface area contributed by atoms with E-state index < -0.39 is 21.8 Å². The molecule has 2 N–H and O–H groups in total. The number of carbonyl (C=O) groups is 2. The van der Waals surface area contributed by atoms with Gasteiger partial charge in [-0.2, -0.15) is 0 Å². The lowest BCUT2D eigenvalue weighted by molar-refractivity contribution is -0.117. The van der Waals surface area contributed by atoms with Gasteiger partial charge in [-0.1, -0.05) is 6.07 Å². The Kier molecular flexibility index (Phi) is 5.94. The molecule has 5 rings (SSSR count). The van der Waals surface area contributed by atoms with Crippen molar-refractivity contribution in [2.75, 3.05) is 9.73 Å². The molecule has 11 heteroatoms. The average Bonchev–Trinajstić information content (AvgIpc) is 3.59. The molecule has 182 valence electrons. The van der Waals surface area contributed by atoms with Crippen LogP contribution >= 0.6 is 11.3 Å². The fraction of sp³-hybridized carbons (Fsp3) is 0.0800. The van der Waals surface area contributed by atoms with Crippen LogP contribution in [0.2, 0.25) is 0 Å². The molecule has 36 heavy (non-hydrogen) atoms. The number of nitrogens with one attached hydrogen (secondary N) is 2. The number of hydrogen-bond acceptors (Lipinski definition) is 7. The monoisotopic (exact) mass is 520 g/mol. The summed E-state index contributed by atoms with van der Waals surface area (Å²) < 4.78 is 33.3. The van der Waals surface area contributed by atoms with E-state index in [4.69, 9.17) is 4.42 Å². The first-order valence-electron chi connectivity index (χ1n) is 10.8. The van der Waals surface area contributed by atoms with Gasteiger partial charge in [0, 0.05) is 17.1 Å². The molecular formula is C25H20N4O5S2. The Morgan fingerprint density at radius 3 is 2.50 bits per heavy atom. The zero-order chi connectivity index (χ0) is 25.4. The van der Waals surface area contributed by atoms with Crippen molar-refractivity contribution in [1.29, 1.82) is 0 Å². The molecule has 2 amide bonds. The van der Waals surface area contributed by atoms with E-state index >= 15 is 0 Å². The minimum atomic E-state index is -3.77. The third kappa shape index (κ3) is 4.53. The quantitative estimate of drug-likeness (QED) is 0.289. The lowest BCUT2D eigenvalue weighted by Gasteiger charge is -2.15. The van der Waals surface area contributed by atoms with E-state index in [2.05, 4.69) is 15.1 Å². The van der Waals surface area contributed by atoms with Crippen molar-refractivity contribution in [2.24, 2.45) is 0 Å². The molecule has 0 spiro atoms. The van der Waals surface area contributed by atoms with Crippen LogP contribution in [-0.2, 0) is 19.6 Å². The van der Waals surface area contributed by atoms with E-state index in [9.17, 15) is 18.0 Å². The predicted molar refractivity (Wildman–Crippen MR) is 137 cm³/mol. The zero-order valence-corrected chi connectivity index (χ0v) is 20.8. The third-order valence-electron chi connectivity index (χ3n) is 5.66. The summed E-state index contributed by atoms with van der Waals surface area (Å²) in [5.74, 6) is -0.245. The molecule has 0 saturated carbocycles. The topological polar surface area (TPSA) is 122 Å². The summed E-state index contributed by atoms with van der Waals surface area (Å²) in [4.78, 5) is 29.4. The second-order valence-corrected chi connectivity index (χ2v) is 10.7. The lowest BCUT2D eigenvalue weighted by atomic mass is 10.1. The first-order chi connectivity index (χ1) is 17.2. The first-order valence-corrected chi connectivity index (χ1v) is 13.1. The third-order valence-corrected chi connectivity index (χ3v) is 7.83. The molecule has 2 aromatic heterocycles. The maximum Gasteiger partial charge on any atom is 0.282 e. The maximum atomic E-state index is 12.9. The number of thiazole rings is 1. The van der Waals surface area contributed by atoms with Crippen molar-refractivity contribution in [3.05, 3.63) is 88.6 Å². The highest BCUT2D eigenvalue weighted by Crippen LogP contribution is 2.28. The normalized spacial score (nSPS) is 14.9. The molecule has 4 aromatic rings. The molecule has 0 aliphatic carbocycles. The summed E-state index contributed by atoms with van der Waals surface area (Å²) in [7, 11) is -3.77. The van der Waals surface area contributed by atoms with Crippen LogP contribution in [0.1, 0.15) is 16.9 Å². The van der Waals surface area contributed by atoms with Crippen LogP contribution in [0.4, 0.5) is 10.8 Å². The Morgan fingerprint density at radius 2 is 1.81 bits per heavy atom. The minimum absolute atomic E-state index is 0.0520. The number of aryl methyl sites for hydroxylation is 2. The Morgan fingerprint density at radius 1 is 1.03 bits per heavy atom. The van der Waals surface area contributed by atoms with Crippen LogP contribution in [0.5, 0.6) is 0 Å². The van der Waals surface area contributed by atoms with Gasteiger partial charge in [-0.05, 0) is 79.6 Å². The number of amides is 2. The van der Waals surface area contributed by atoms with Crippen molar-refractivity contribution in [3.8, 4) is 11.3 Å². The highest BCUT2D eigenvalue weighted by molar-refractivity contribution is 7.93. The van der Waals surface area contributed by atoms with Crippen molar-refractivity contribution in [2.45, 2.75) is 18.7 Å². The van der Waals surface area contributed by atoms with Crippen LogP contribution in [0, 0.1) is 13.8 Å². The number of rotatable bonds is 6. The maximum absolute atomic E-state index is 12.9. The molecule has 0 radical (unpaired) electrons. The Labute approximate surface area is 211 Å². The van der Waals surface area contributed by atoms with Gasteiger partial charge in [0.15, 0.2) is 5.13 Å². The molecule has 1 aliphatic rings. The second-order valence-electron chi connectivity index (χ2n) is 8.08. The highest BCUT2D eigenvalue weighted by Gasteiger charge is 2.35. The second kappa shape index (κ2) is 9.10. The number of furan rings is 1. The Bertz CT molecular complexity index is 1600. The van der Waals surface area contributed by atoms with Crippen molar-refractivity contribution >= 4 is 50.1 Å². The molecule has 1 fully saturated rings. The van der Waals surface area contributed by atoms with Gasteiger partial charge in [-0.15, -0.1) is 11.3 Å². The number of aromatic nitrogens is 1. The van der Waals surface area contributed by atoms with Crippen LogP contribution in [-0.4, -0.2) is 25.2 Å². The van der Waals surface area contributed by atoms with Gasteiger partial charge in [0.05, 0.1) is 10.6 Å². The van der Waals surface area contributed by atoms with Gasteiger partial charge in [-0.3, -0.25) is 19.7 Å². The first kappa shape index (κ1) is 23.5. The molecule has 2 aromatic carbocycles. The molecule has 0 atom stereocenters. The van der Waals surface area contributed by atoms with Crippen molar-refractivity contribution < 1.29 is 22.4 Å². The summed E-state index contributed by atoms with van der Waals surface area (Å²) in [6.07, 6.45) is 2.90. The molecule has 1 saturated heterocycles. The van der Waals surface area contributed by atoms with Gasteiger partial charge in [0.2, 0.25) is 0 Å². The largest absolute Gasteiger partial charge is 0.457 e. The smallest absolute Gasteiger partial charge is 0.282 e. The summed E-state index contributed by atoms with van der Waals surface area (Å²) >= 11 is 1.18. The number of carbonyl (C=O) groups excluding carboxylic acids is 2. The van der Waals surface area contributed by atoms with E-state index in [0.717, 1.165) is 11.1 Å². The summed E-state index contributed by atoms with van der Waals surface area (Å²) in [6.45, 7) is 3.90. The minimum Gasteiger partial charge on any atom is -0.457 e. The molecule has 1 aliphatic heterocycles. The van der Waals surface area contributed by atoms with Crippen LogP contribution in [0.25, 0.3) is 17.4 Å². The van der Waals surface area contributed by atoms with E-state index in [0.29, 0.717) is 22.8 Å². The molecular weight excluding hydrogens is 500 g/mol. The lowest BCUT2D eigenvalue weighted by Crippen LogP contribution is -2.35. The zero-order valence-electron chi connectivity index (χ0n) is 19.2. The van der Waals surface area contributed by atoms with Crippen LogP contribution in [0.15, 0.2) is 81.1 Å². The van der Waals surface area contributed by atoms with Crippen molar-refractivity contribution in [3.63, 3.8) is 0 Å². The standard InChI is InChI=1S/C25H20N4O5S2/c1-15-3-6-18(13-16(15)2)29-24(31)21(23(30)27-29)14-19-7-10-22(34-19)17-4-8-20(9-5-17)36(32,33)28-25-26-11-12-35-25/h3-14H,1-2H3,(H,26,28)(H,27,30)/b21-14-. The predicted octanol–water partition coefficient (Wildman–Crippen LogP) is 4.28. The fourth-order valence-corrected chi connectivity index (χ4v) is 5.37. The van der Waals surface area contributed by atoms with E-state index in [1.807, 2.05) is 26.0 Å². The van der Waals surface area contributed by atoms with Crippen LogP contribution in [0.3, 0.4) is 0 Å². The fourth-order valence-electron chi connectivity index (χ4n) is 3.58. The number of anilines is 2. The SMILES string of the molecule is Cc1ccc(N2NC(=O)/C(=C/c3ccc(-c4ccc(S(=O)(=O)Nc5nccs5)cc4)o3)C2=O)cc1C. The summed E-state index contributed by atoms with van der Waals surface area (Å²) in [5.41, 5.74) is 5.81. The Hall–Kier alpha value is -4.22. The summed E-state index contributed by atoms with van der Waals surface area (Å²) in [6, 6.07) is 14.9. The molecule has 3 heterocycles. The number of nitrogens with zero attached hydrogens (tertiary/aromatic N) is 2. The van der Waals surface area contributed by atoms with Gasteiger partial charge in [0.1, 0.15) is 17.1 Å². The Balaban J connectivity index is 1.34. The summed E-state index contributed by atoms with van der Waals surface area (Å²) in [5, 5.41) is 3.17. The number of benzene rings is 2. The van der Waals surface area contributed by atoms with Gasteiger partial charge >= 0.3 is 0 Å². The molecule has 0 unspecified atom stereocenters. The van der Waals surface area contributed by atoms with E-state index in [1.54, 1.807) is 35.7 Å². The average molecular weight is 521 g/mol. The highest BCUT2D eigenvalue weighted by atomic mass is 32.2. The number of hydrazine groups is 1. The van der Waals surface area contributed by atoms with E-state index in [-0.39, 0.29) is 15.6 Å². The van der Waals surface area contributed by atoms with Crippen LogP contribution < -0.4 is 15.2 Å². The molecule has 9 nitrogen and oxygen atoms in total. The number of sulfonamides is 1. The van der Waals surface area contributed by atoms with Gasteiger partial charge < -0.3 is 4.42 Å². The van der Waals surface area contributed by atoms with Crippen molar-refractivity contribution in [1.82, 2.24) is 10.4 Å². The number of hydrogen-bond donors (Lipinski definition) is 2. The van der Waals surface area contributed by atoms with E-state index in [1.165, 1.54) is 40.8 Å².